The lowest BCUT2D eigenvalue weighted by molar-refractivity contribution is -0.115. The number of hydrogen-bond acceptors (Lipinski definition) is 4. The summed E-state index contributed by atoms with van der Waals surface area (Å²) in [7, 11) is 0. The van der Waals surface area contributed by atoms with E-state index < -0.39 is 0 Å². The van der Waals surface area contributed by atoms with Gasteiger partial charge in [-0.05, 0) is 95.0 Å². The zero-order valence-electron chi connectivity index (χ0n) is 19.9. The molecule has 1 aliphatic heterocycles. The van der Waals surface area contributed by atoms with Gasteiger partial charge in [0.05, 0.1) is 20.6 Å². The SMILES string of the molecule is Cc1cc(N=C2NC(=O)/C(=C/c3cc(Cl)c(OCc4ccc5ccccc5c4)c(Cl)c3)S2)cc(C)c1Br. The van der Waals surface area contributed by atoms with Crippen molar-refractivity contribution in [2.45, 2.75) is 20.5 Å². The molecule has 1 heterocycles. The van der Waals surface area contributed by atoms with Gasteiger partial charge in [-0.25, -0.2) is 4.99 Å². The maximum Gasteiger partial charge on any atom is 0.264 e. The van der Waals surface area contributed by atoms with Crippen molar-refractivity contribution in [3.05, 3.63) is 108 Å². The normalized spacial score (nSPS) is 15.5. The lowest BCUT2D eigenvalue weighted by atomic mass is 10.1. The Hall–Kier alpha value is -2.77. The molecule has 1 fully saturated rings. The van der Waals surface area contributed by atoms with E-state index in [1.54, 1.807) is 18.2 Å². The fraction of sp³-hybridized carbons (Fsp3) is 0.103. The fourth-order valence-electron chi connectivity index (χ4n) is 4.02. The summed E-state index contributed by atoms with van der Waals surface area (Å²) in [6.07, 6.45) is 1.74. The van der Waals surface area contributed by atoms with E-state index in [0.717, 1.165) is 32.2 Å². The Morgan fingerprint density at radius 3 is 2.35 bits per heavy atom. The zero-order chi connectivity index (χ0) is 26.1. The predicted molar refractivity (Wildman–Crippen MR) is 159 cm³/mol. The second-order valence-electron chi connectivity index (χ2n) is 8.66. The summed E-state index contributed by atoms with van der Waals surface area (Å²) in [6, 6.07) is 21.7. The number of aryl methyl sites for hydroxylation is 2. The first-order valence-electron chi connectivity index (χ1n) is 11.4. The number of carbonyl (C=O) groups is 1. The number of benzene rings is 4. The quantitative estimate of drug-likeness (QED) is 0.229. The molecule has 0 bridgehead atoms. The van der Waals surface area contributed by atoms with Gasteiger partial charge in [-0.3, -0.25) is 4.79 Å². The number of ether oxygens (including phenoxy) is 1. The molecule has 0 radical (unpaired) electrons. The molecule has 186 valence electrons. The van der Waals surface area contributed by atoms with Gasteiger partial charge in [0.1, 0.15) is 6.61 Å². The molecular weight excluding hydrogens is 591 g/mol. The summed E-state index contributed by atoms with van der Waals surface area (Å²) in [4.78, 5) is 17.7. The first-order chi connectivity index (χ1) is 17.8. The van der Waals surface area contributed by atoms with Crippen molar-refractivity contribution in [3.63, 3.8) is 0 Å². The smallest absolute Gasteiger partial charge is 0.264 e. The van der Waals surface area contributed by atoms with Crippen molar-refractivity contribution in [3.8, 4) is 5.75 Å². The number of nitrogens with one attached hydrogen (secondary N) is 1. The van der Waals surface area contributed by atoms with Gasteiger partial charge in [0.2, 0.25) is 0 Å². The van der Waals surface area contributed by atoms with Gasteiger partial charge in [-0.15, -0.1) is 0 Å². The highest BCUT2D eigenvalue weighted by molar-refractivity contribution is 9.10. The Morgan fingerprint density at radius 1 is 0.973 bits per heavy atom. The third-order valence-corrected chi connectivity index (χ3v) is 8.54. The monoisotopic (exact) mass is 610 g/mol. The van der Waals surface area contributed by atoms with Crippen LogP contribution in [0.15, 0.2) is 81.1 Å². The Bertz CT molecular complexity index is 1570. The zero-order valence-corrected chi connectivity index (χ0v) is 23.9. The molecule has 0 aliphatic carbocycles. The predicted octanol–water partition coefficient (Wildman–Crippen LogP) is 9.00. The maximum absolute atomic E-state index is 12.6. The highest BCUT2D eigenvalue weighted by Crippen LogP contribution is 2.37. The molecule has 0 spiro atoms. The molecule has 0 saturated carbocycles. The van der Waals surface area contributed by atoms with E-state index in [0.29, 0.717) is 38.0 Å². The standard InChI is InChI=1S/C29H21BrCl2N2O2S/c1-16-9-22(10-17(2)26(16)30)33-29-34-28(35)25(37-29)14-19-12-23(31)27(24(32)13-19)36-15-18-7-8-20-5-3-4-6-21(20)11-18/h3-14H,15H2,1-2H3,(H,33,34,35)/b25-14-. The van der Waals surface area contributed by atoms with Gasteiger partial charge in [0, 0.05) is 4.47 Å². The molecule has 1 N–H and O–H groups in total. The summed E-state index contributed by atoms with van der Waals surface area (Å²) < 4.78 is 7.02. The third kappa shape index (κ3) is 5.88. The molecule has 8 heteroatoms. The summed E-state index contributed by atoms with van der Waals surface area (Å²) >= 11 is 17.9. The van der Waals surface area contributed by atoms with Gasteiger partial charge in [-0.2, -0.15) is 0 Å². The number of nitrogens with zero attached hydrogens (tertiary/aromatic N) is 1. The van der Waals surface area contributed by atoms with Crippen LogP contribution in [0.1, 0.15) is 22.3 Å². The third-order valence-electron chi connectivity index (χ3n) is 5.82. The number of amidine groups is 1. The van der Waals surface area contributed by atoms with E-state index in [-0.39, 0.29) is 5.91 Å². The van der Waals surface area contributed by atoms with Gasteiger partial charge < -0.3 is 10.1 Å². The van der Waals surface area contributed by atoms with Crippen molar-refractivity contribution in [1.29, 1.82) is 0 Å². The number of thioether (sulfide) groups is 1. The Morgan fingerprint density at radius 2 is 1.65 bits per heavy atom. The molecule has 37 heavy (non-hydrogen) atoms. The van der Waals surface area contributed by atoms with E-state index >= 15 is 0 Å². The van der Waals surface area contributed by atoms with Crippen molar-refractivity contribution in [2.75, 3.05) is 0 Å². The Balaban J connectivity index is 1.32. The van der Waals surface area contributed by atoms with Crippen LogP contribution in [0.3, 0.4) is 0 Å². The summed E-state index contributed by atoms with van der Waals surface area (Å²) in [6.45, 7) is 4.35. The van der Waals surface area contributed by atoms with Crippen LogP contribution in [0.25, 0.3) is 16.8 Å². The van der Waals surface area contributed by atoms with Crippen molar-refractivity contribution < 1.29 is 9.53 Å². The fourth-order valence-corrected chi connectivity index (χ4v) is 5.71. The van der Waals surface area contributed by atoms with Gasteiger partial charge in [-0.1, -0.05) is 75.5 Å². The minimum absolute atomic E-state index is 0.224. The van der Waals surface area contributed by atoms with Crippen LogP contribution in [0.5, 0.6) is 5.75 Å². The first kappa shape index (κ1) is 25.9. The average molecular weight is 612 g/mol. The number of fused-ring (bicyclic) bond motifs is 1. The number of hydrogen-bond donors (Lipinski definition) is 1. The largest absolute Gasteiger partial charge is 0.486 e. The second-order valence-corrected chi connectivity index (χ2v) is 11.3. The number of rotatable bonds is 5. The summed E-state index contributed by atoms with van der Waals surface area (Å²) in [5, 5.41) is 6.40. The molecular formula is C29H21BrCl2N2O2S. The number of amides is 1. The molecule has 4 nitrogen and oxygen atoms in total. The van der Waals surface area contributed by atoms with Crippen LogP contribution in [0, 0.1) is 13.8 Å². The van der Waals surface area contributed by atoms with Crippen LogP contribution in [-0.2, 0) is 11.4 Å². The van der Waals surface area contributed by atoms with Crippen LogP contribution < -0.4 is 10.1 Å². The van der Waals surface area contributed by atoms with E-state index in [9.17, 15) is 4.79 Å². The molecule has 1 aliphatic rings. The van der Waals surface area contributed by atoms with Crippen molar-refractivity contribution in [2.24, 2.45) is 4.99 Å². The average Bonchev–Trinajstić information content (AvgIpc) is 3.19. The molecule has 1 amide bonds. The highest BCUT2D eigenvalue weighted by Gasteiger charge is 2.24. The van der Waals surface area contributed by atoms with Crippen LogP contribution in [0.2, 0.25) is 10.0 Å². The molecule has 4 aromatic carbocycles. The van der Waals surface area contributed by atoms with Crippen molar-refractivity contribution in [1.82, 2.24) is 5.32 Å². The minimum Gasteiger partial charge on any atom is -0.486 e. The van der Waals surface area contributed by atoms with E-state index in [2.05, 4.69) is 50.5 Å². The van der Waals surface area contributed by atoms with Crippen LogP contribution in [-0.4, -0.2) is 11.1 Å². The van der Waals surface area contributed by atoms with Gasteiger partial charge in [0.15, 0.2) is 10.9 Å². The Kier molecular flexibility index (Phi) is 7.63. The molecule has 0 aromatic heterocycles. The minimum atomic E-state index is -0.224. The van der Waals surface area contributed by atoms with E-state index in [1.165, 1.54) is 17.1 Å². The van der Waals surface area contributed by atoms with Crippen LogP contribution in [0.4, 0.5) is 5.69 Å². The number of carbonyl (C=O) groups excluding carboxylic acids is 1. The van der Waals surface area contributed by atoms with E-state index in [4.69, 9.17) is 27.9 Å². The topological polar surface area (TPSA) is 50.7 Å². The lowest BCUT2D eigenvalue weighted by Gasteiger charge is -2.12. The Labute approximate surface area is 237 Å². The first-order valence-corrected chi connectivity index (χ1v) is 13.8. The van der Waals surface area contributed by atoms with Gasteiger partial charge in [0.25, 0.3) is 5.91 Å². The maximum atomic E-state index is 12.6. The lowest BCUT2D eigenvalue weighted by Crippen LogP contribution is -2.19. The summed E-state index contributed by atoms with van der Waals surface area (Å²) in [5.41, 5.74) is 4.65. The van der Waals surface area contributed by atoms with Crippen molar-refractivity contribution >= 4 is 84.5 Å². The molecule has 5 rings (SSSR count). The molecule has 0 unspecified atom stereocenters. The molecule has 0 atom stereocenters. The number of aliphatic imine (C=N–C) groups is 1. The molecule has 1 saturated heterocycles. The molecule has 4 aromatic rings. The van der Waals surface area contributed by atoms with Crippen LogP contribution >= 0.6 is 50.9 Å². The second kappa shape index (κ2) is 10.9. The highest BCUT2D eigenvalue weighted by atomic mass is 79.9. The number of halogens is 3. The summed E-state index contributed by atoms with van der Waals surface area (Å²) in [5.74, 6) is 0.184. The van der Waals surface area contributed by atoms with E-state index in [1.807, 2.05) is 44.2 Å². The van der Waals surface area contributed by atoms with Gasteiger partial charge >= 0.3 is 0 Å².